The van der Waals surface area contributed by atoms with Crippen LogP contribution < -0.4 is 25.0 Å². The van der Waals surface area contributed by atoms with Crippen LogP contribution in [-0.4, -0.2) is 29.9 Å². The second kappa shape index (κ2) is 9.96. The Bertz CT molecular complexity index is 1240. The van der Waals surface area contributed by atoms with Crippen molar-refractivity contribution in [2.45, 2.75) is 26.8 Å². The van der Waals surface area contributed by atoms with Crippen LogP contribution in [0.3, 0.4) is 0 Å². The normalized spacial score (nSPS) is 15.7. The molecule has 1 aromatic heterocycles. The average Bonchev–Trinajstić information content (AvgIpc) is 3.23. The van der Waals surface area contributed by atoms with Crippen LogP contribution in [0.2, 0.25) is 0 Å². The molecule has 0 fully saturated rings. The third kappa shape index (κ3) is 4.47. The summed E-state index contributed by atoms with van der Waals surface area (Å²) < 4.78 is 16.6. The van der Waals surface area contributed by atoms with E-state index in [1.54, 1.807) is 20.1 Å². The molecule has 0 saturated carbocycles. The molecule has 0 saturated heterocycles. The lowest BCUT2D eigenvalue weighted by atomic mass is 9.93. The van der Waals surface area contributed by atoms with Crippen molar-refractivity contribution >= 4 is 34.7 Å². The van der Waals surface area contributed by atoms with Gasteiger partial charge in [0, 0.05) is 23.0 Å². The minimum atomic E-state index is -0.587. The van der Waals surface area contributed by atoms with Crippen LogP contribution >= 0.6 is 12.2 Å². The van der Waals surface area contributed by atoms with E-state index in [2.05, 4.69) is 15.8 Å². The second-order valence-corrected chi connectivity index (χ2v) is 8.03. The number of benzene rings is 2. The van der Waals surface area contributed by atoms with E-state index in [9.17, 15) is 4.79 Å². The predicted molar refractivity (Wildman–Crippen MR) is 134 cm³/mol. The van der Waals surface area contributed by atoms with E-state index in [1.165, 1.54) is 0 Å². The number of carbonyl (C=O) groups is 1. The van der Waals surface area contributed by atoms with Crippen LogP contribution in [0.4, 0.5) is 11.5 Å². The number of para-hydroxylation sites is 2. The third-order valence-corrected chi connectivity index (χ3v) is 5.74. The SMILES string of the molecule is CCOc1cccc([C@@H]2NC(=S)N(c3ccccc3)C(C)=C2C(=O)Nc2cc(C)on2)c1OC. The molecule has 0 radical (unpaired) electrons. The minimum absolute atomic E-state index is 0.330. The first kappa shape index (κ1) is 23.3. The zero-order valence-electron chi connectivity index (χ0n) is 19.4. The van der Waals surface area contributed by atoms with E-state index in [1.807, 2.05) is 67.3 Å². The molecular weight excluding hydrogens is 452 g/mol. The molecule has 1 aliphatic rings. The number of methoxy groups -OCH3 is 1. The number of rotatable bonds is 7. The molecule has 4 rings (SSSR count). The number of aryl methyl sites for hydroxylation is 1. The Morgan fingerprint density at radius 1 is 1.21 bits per heavy atom. The first-order chi connectivity index (χ1) is 16.4. The summed E-state index contributed by atoms with van der Waals surface area (Å²) in [4.78, 5) is 15.5. The predicted octanol–water partition coefficient (Wildman–Crippen LogP) is 4.74. The molecule has 1 aliphatic heterocycles. The van der Waals surface area contributed by atoms with Gasteiger partial charge in [0.05, 0.1) is 25.3 Å². The maximum Gasteiger partial charge on any atom is 0.257 e. The fraction of sp³-hybridized carbons (Fsp3) is 0.240. The van der Waals surface area contributed by atoms with Crippen molar-refractivity contribution in [1.29, 1.82) is 0 Å². The number of allylic oxidation sites excluding steroid dienone is 1. The van der Waals surface area contributed by atoms with Crippen LogP contribution in [0.15, 0.2) is 70.4 Å². The number of thiocarbonyl (C=S) groups is 1. The lowest BCUT2D eigenvalue weighted by Gasteiger charge is -2.38. The van der Waals surface area contributed by atoms with Gasteiger partial charge in [0.15, 0.2) is 22.4 Å². The number of hydrogen-bond acceptors (Lipinski definition) is 6. The third-order valence-electron chi connectivity index (χ3n) is 5.44. The summed E-state index contributed by atoms with van der Waals surface area (Å²) in [6.07, 6.45) is 0. The van der Waals surface area contributed by atoms with E-state index in [0.717, 1.165) is 11.3 Å². The van der Waals surface area contributed by atoms with Gasteiger partial charge < -0.3 is 24.6 Å². The highest BCUT2D eigenvalue weighted by Gasteiger charge is 2.36. The monoisotopic (exact) mass is 478 g/mol. The van der Waals surface area contributed by atoms with E-state index < -0.39 is 6.04 Å². The number of hydrogen-bond donors (Lipinski definition) is 2. The van der Waals surface area contributed by atoms with Gasteiger partial charge in [0.2, 0.25) is 0 Å². The quantitative estimate of drug-likeness (QED) is 0.471. The largest absolute Gasteiger partial charge is 0.492 e. The molecule has 3 aromatic rings. The van der Waals surface area contributed by atoms with E-state index >= 15 is 0 Å². The van der Waals surface area contributed by atoms with Crippen LogP contribution in [0.5, 0.6) is 11.5 Å². The molecule has 2 aromatic carbocycles. The lowest BCUT2D eigenvalue weighted by Crippen LogP contribution is -2.48. The maximum absolute atomic E-state index is 13.6. The Labute approximate surface area is 203 Å². The highest BCUT2D eigenvalue weighted by molar-refractivity contribution is 7.80. The summed E-state index contributed by atoms with van der Waals surface area (Å²) in [5.74, 6) is 1.71. The van der Waals surface area contributed by atoms with Gasteiger partial charge in [0.25, 0.3) is 5.91 Å². The van der Waals surface area contributed by atoms with Gasteiger partial charge in [-0.2, -0.15) is 0 Å². The molecule has 9 heteroatoms. The highest BCUT2D eigenvalue weighted by Crippen LogP contribution is 2.41. The lowest BCUT2D eigenvalue weighted by molar-refractivity contribution is -0.113. The zero-order valence-corrected chi connectivity index (χ0v) is 20.2. The maximum atomic E-state index is 13.6. The first-order valence-electron chi connectivity index (χ1n) is 10.8. The fourth-order valence-electron chi connectivity index (χ4n) is 4.02. The van der Waals surface area contributed by atoms with Gasteiger partial charge in [-0.25, -0.2) is 0 Å². The number of ether oxygens (including phenoxy) is 2. The molecule has 1 amide bonds. The molecule has 0 bridgehead atoms. The number of carbonyl (C=O) groups excluding carboxylic acids is 1. The smallest absolute Gasteiger partial charge is 0.257 e. The molecule has 176 valence electrons. The van der Waals surface area contributed by atoms with Gasteiger partial charge in [-0.05, 0) is 51.2 Å². The summed E-state index contributed by atoms with van der Waals surface area (Å²) >= 11 is 5.75. The summed E-state index contributed by atoms with van der Waals surface area (Å²) in [5.41, 5.74) is 2.71. The second-order valence-electron chi connectivity index (χ2n) is 7.64. The van der Waals surface area contributed by atoms with Gasteiger partial charge in [-0.15, -0.1) is 0 Å². The number of nitrogens with zero attached hydrogens (tertiary/aromatic N) is 2. The van der Waals surface area contributed by atoms with Crippen molar-refractivity contribution in [3.8, 4) is 11.5 Å². The van der Waals surface area contributed by atoms with Crippen molar-refractivity contribution in [2.75, 3.05) is 23.9 Å². The van der Waals surface area contributed by atoms with Crippen molar-refractivity contribution in [3.63, 3.8) is 0 Å². The molecule has 0 spiro atoms. The van der Waals surface area contributed by atoms with Crippen molar-refractivity contribution < 1.29 is 18.8 Å². The highest BCUT2D eigenvalue weighted by atomic mass is 32.1. The van der Waals surface area contributed by atoms with Crippen molar-refractivity contribution in [1.82, 2.24) is 10.5 Å². The number of anilines is 2. The summed E-state index contributed by atoms with van der Waals surface area (Å²) in [5, 5.41) is 10.5. The van der Waals surface area contributed by atoms with Crippen LogP contribution in [0, 0.1) is 6.92 Å². The molecule has 2 N–H and O–H groups in total. The topological polar surface area (TPSA) is 88.9 Å². The first-order valence-corrected chi connectivity index (χ1v) is 11.3. The Morgan fingerprint density at radius 3 is 2.62 bits per heavy atom. The molecule has 8 nitrogen and oxygen atoms in total. The summed E-state index contributed by atoms with van der Waals surface area (Å²) in [6, 6.07) is 16.3. The number of amides is 1. The van der Waals surface area contributed by atoms with E-state index in [-0.39, 0.29) is 5.91 Å². The van der Waals surface area contributed by atoms with Gasteiger partial charge >= 0.3 is 0 Å². The summed E-state index contributed by atoms with van der Waals surface area (Å²) in [6.45, 7) is 6.01. The van der Waals surface area contributed by atoms with Gasteiger partial charge in [0.1, 0.15) is 5.76 Å². The Hall–Kier alpha value is -3.85. The minimum Gasteiger partial charge on any atom is -0.492 e. The number of aromatic nitrogens is 1. The van der Waals surface area contributed by atoms with Crippen LogP contribution in [-0.2, 0) is 4.79 Å². The molecule has 1 atom stereocenters. The molecule has 34 heavy (non-hydrogen) atoms. The van der Waals surface area contributed by atoms with E-state index in [4.69, 9.17) is 26.2 Å². The summed E-state index contributed by atoms with van der Waals surface area (Å²) in [7, 11) is 1.58. The van der Waals surface area contributed by atoms with Crippen LogP contribution in [0.25, 0.3) is 0 Å². The molecular formula is C25H26N4O4S. The van der Waals surface area contributed by atoms with Crippen molar-refractivity contribution in [3.05, 3.63) is 77.2 Å². The number of nitrogens with one attached hydrogen (secondary N) is 2. The molecule has 0 aliphatic carbocycles. The standard InChI is InChI=1S/C25H26N4O4S/c1-5-32-19-13-9-12-18(23(19)31-4)22-21(24(30)26-20-14-15(2)33-28-20)16(3)29(25(34)27-22)17-10-7-6-8-11-17/h6-14,22H,5H2,1-4H3,(H,27,34)(H,26,28,30)/t22-/m0/s1. The van der Waals surface area contributed by atoms with Gasteiger partial charge in [-0.3, -0.25) is 9.69 Å². The zero-order chi connectivity index (χ0) is 24.2. The van der Waals surface area contributed by atoms with Crippen LogP contribution in [0.1, 0.15) is 31.2 Å². The average molecular weight is 479 g/mol. The van der Waals surface area contributed by atoms with E-state index in [0.29, 0.717) is 46.1 Å². The Morgan fingerprint density at radius 2 is 1.97 bits per heavy atom. The van der Waals surface area contributed by atoms with Gasteiger partial charge in [-0.1, -0.05) is 35.5 Å². The van der Waals surface area contributed by atoms with Crippen molar-refractivity contribution in [2.24, 2.45) is 0 Å². The molecule has 0 unspecified atom stereocenters. The Balaban J connectivity index is 1.85. The fourth-order valence-corrected chi connectivity index (χ4v) is 4.38. The molecule has 2 heterocycles. The Kier molecular flexibility index (Phi) is 6.83.